The fraction of sp³-hybridized carbons (Fsp3) is 0.500. The van der Waals surface area contributed by atoms with Crippen molar-refractivity contribution in [2.45, 2.75) is 27.2 Å². The molecule has 0 aliphatic rings. The molecule has 0 amide bonds. The number of hydrogen-bond acceptors (Lipinski definition) is 4. The molecule has 0 aliphatic carbocycles. The fourth-order valence-electron chi connectivity index (χ4n) is 1.45. The second kappa shape index (κ2) is 3.63. The number of hydrogen-bond donors (Lipinski definition) is 0. The van der Waals surface area contributed by atoms with E-state index < -0.39 is 0 Å². The summed E-state index contributed by atoms with van der Waals surface area (Å²) >= 11 is 1.57. The first kappa shape index (κ1) is 10.1. The number of nitriles is 1. The molecule has 2 aromatic rings. The molecule has 78 valence electrons. The van der Waals surface area contributed by atoms with Crippen LogP contribution < -0.4 is 0 Å². The van der Waals surface area contributed by atoms with E-state index in [4.69, 9.17) is 5.26 Å². The third-order valence-electron chi connectivity index (χ3n) is 2.11. The van der Waals surface area contributed by atoms with Gasteiger partial charge in [0.25, 0.3) is 0 Å². The standard InChI is InChI=1S/C10H12N4S/c1-6(2)4-9-13-14-8(5-11)7(3)12-10(14)15-9/h6H,4H2,1-3H3. The molecule has 5 heteroatoms. The van der Waals surface area contributed by atoms with Gasteiger partial charge in [0.2, 0.25) is 4.96 Å². The molecule has 4 nitrogen and oxygen atoms in total. The normalized spacial score (nSPS) is 11.1. The van der Waals surface area contributed by atoms with Gasteiger partial charge in [0, 0.05) is 6.42 Å². The van der Waals surface area contributed by atoms with Crippen molar-refractivity contribution in [1.29, 1.82) is 5.26 Å². The summed E-state index contributed by atoms with van der Waals surface area (Å²) in [6.07, 6.45) is 0.942. The van der Waals surface area contributed by atoms with Crippen LogP contribution in [-0.4, -0.2) is 14.6 Å². The van der Waals surface area contributed by atoms with E-state index in [1.165, 1.54) is 0 Å². The van der Waals surface area contributed by atoms with Gasteiger partial charge in [-0.1, -0.05) is 25.2 Å². The molecule has 0 bridgehead atoms. The Morgan fingerprint density at radius 3 is 2.87 bits per heavy atom. The fourth-order valence-corrected chi connectivity index (χ4v) is 2.60. The molecular formula is C10H12N4S. The van der Waals surface area contributed by atoms with Gasteiger partial charge in [0.15, 0.2) is 5.69 Å². The quantitative estimate of drug-likeness (QED) is 0.779. The molecule has 0 N–H and O–H groups in total. The molecule has 0 saturated heterocycles. The molecule has 2 aromatic heterocycles. The minimum atomic E-state index is 0.552. The highest BCUT2D eigenvalue weighted by Crippen LogP contribution is 2.20. The van der Waals surface area contributed by atoms with E-state index in [0.717, 1.165) is 22.1 Å². The van der Waals surface area contributed by atoms with E-state index in [0.29, 0.717) is 11.6 Å². The molecule has 0 saturated carbocycles. The van der Waals surface area contributed by atoms with E-state index in [1.807, 2.05) is 6.92 Å². The summed E-state index contributed by atoms with van der Waals surface area (Å²) < 4.78 is 1.65. The zero-order chi connectivity index (χ0) is 11.0. The Labute approximate surface area is 92.2 Å². The average molecular weight is 220 g/mol. The van der Waals surface area contributed by atoms with Crippen LogP contribution in [0.5, 0.6) is 0 Å². The zero-order valence-corrected chi connectivity index (χ0v) is 9.80. The topological polar surface area (TPSA) is 54.0 Å². The van der Waals surface area contributed by atoms with E-state index >= 15 is 0 Å². The number of rotatable bonds is 2. The Hall–Kier alpha value is -1.41. The van der Waals surface area contributed by atoms with Gasteiger partial charge in [0.1, 0.15) is 11.1 Å². The van der Waals surface area contributed by atoms with E-state index in [-0.39, 0.29) is 0 Å². The van der Waals surface area contributed by atoms with Gasteiger partial charge in [-0.05, 0) is 12.8 Å². The highest BCUT2D eigenvalue weighted by Gasteiger charge is 2.13. The first-order valence-electron chi connectivity index (χ1n) is 4.87. The highest BCUT2D eigenvalue weighted by molar-refractivity contribution is 7.16. The number of aryl methyl sites for hydroxylation is 1. The molecule has 0 atom stereocenters. The summed E-state index contributed by atoms with van der Waals surface area (Å²) in [6.45, 7) is 6.14. The Kier molecular flexibility index (Phi) is 2.45. The lowest BCUT2D eigenvalue weighted by molar-refractivity contribution is 0.636. The SMILES string of the molecule is Cc1nc2sc(CC(C)C)nn2c1C#N. The molecule has 0 unspecified atom stereocenters. The van der Waals surface area contributed by atoms with Crippen molar-refractivity contribution in [3.8, 4) is 6.07 Å². The first-order valence-corrected chi connectivity index (χ1v) is 5.68. The van der Waals surface area contributed by atoms with Crippen molar-refractivity contribution >= 4 is 16.3 Å². The third kappa shape index (κ3) is 1.73. The molecule has 0 aliphatic heterocycles. The minimum absolute atomic E-state index is 0.552. The summed E-state index contributed by atoms with van der Waals surface area (Å²) in [5, 5.41) is 14.4. The summed E-state index contributed by atoms with van der Waals surface area (Å²) in [5.41, 5.74) is 1.31. The monoisotopic (exact) mass is 220 g/mol. The maximum absolute atomic E-state index is 8.95. The third-order valence-corrected chi connectivity index (χ3v) is 3.04. The van der Waals surface area contributed by atoms with Crippen LogP contribution in [0.2, 0.25) is 0 Å². The lowest BCUT2D eigenvalue weighted by Crippen LogP contribution is -1.96. The molecule has 0 spiro atoms. The van der Waals surface area contributed by atoms with Crippen LogP contribution >= 0.6 is 11.3 Å². The Morgan fingerprint density at radius 2 is 2.27 bits per heavy atom. The van der Waals surface area contributed by atoms with Crippen molar-refractivity contribution in [2.24, 2.45) is 5.92 Å². The van der Waals surface area contributed by atoms with Crippen LogP contribution in [0, 0.1) is 24.2 Å². The van der Waals surface area contributed by atoms with Crippen LogP contribution in [0.3, 0.4) is 0 Å². The second-order valence-corrected chi connectivity index (χ2v) is 4.99. The maximum Gasteiger partial charge on any atom is 0.213 e. The lowest BCUT2D eigenvalue weighted by Gasteiger charge is -1.97. The zero-order valence-electron chi connectivity index (χ0n) is 8.98. The smallest absolute Gasteiger partial charge is 0.213 e. The van der Waals surface area contributed by atoms with Gasteiger partial charge in [-0.25, -0.2) is 4.98 Å². The van der Waals surface area contributed by atoms with Gasteiger partial charge in [-0.3, -0.25) is 0 Å². The largest absolute Gasteiger partial charge is 0.221 e. The predicted octanol–water partition coefficient (Wildman–Crippen LogP) is 2.17. The molecule has 2 rings (SSSR count). The van der Waals surface area contributed by atoms with Crippen molar-refractivity contribution in [3.05, 3.63) is 16.4 Å². The van der Waals surface area contributed by atoms with Crippen molar-refractivity contribution in [2.75, 3.05) is 0 Å². The molecule has 15 heavy (non-hydrogen) atoms. The van der Waals surface area contributed by atoms with Gasteiger partial charge >= 0.3 is 0 Å². The Balaban J connectivity index is 2.49. The molecule has 0 aromatic carbocycles. The molecule has 0 radical (unpaired) electrons. The summed E-state index contributed by atoms with van der Waals surface area (Å²) in [4.78, 5) is 5.13. The Bertz CT molecular complexity index is 529. The average Bonchev–Trinajstić information content (AvgIpc) is 2.59. The van der Waals surface area contributed by atoms with Gasteiger partial charge in [-0.15, -0.1) is 0 Å². The number of aromatic nitrogens is 3. The van der Waals surface area contributed by atoms with Crippen molar-refractivity contribution < 1.29 is 0 Å². The summed E-state index contributed by atoms with van der Waals surface area (Å²) in [6, 6.07) is 2.13. The summed E-state index contributed by atoms with van der Waals surface area (Å²) in [7, 11) is 0. The molecule has 0 fully saturated rings. The number of nitrogens with zero attached hydrogens (tertiary/aromatic N) is 4. The van der Waals surface area contributed by atoms with E-state index in [1.54, 1.807) is 15.9 Å². The van der Waals surface area contributed by atoms with Crippen LogP contribution in [0.25, 0.3) is 4.96 Å². The van der Waals surface area contributed by atoms with Crippen LogP contribution in [0.1, 0.15) is 30.2 Å². The number of imidazole rings is 1. The molecule has 2 heterocycles. The van der Waals surface area contributed by atoms with E-state index in [9.17, 15) is 0 Å². The van der Waals surface area contributed by atoms with Crippen molar-refractivity contribution in [3.63, 3.8) is 0 Å². The molecular weight excluding hydrogens is 208 g/mol. The first-order chi connectivity index (χ1) is 7.11. The van der Waals surface area contributed by atoms with E-state index in [2.05, 4.69) is 30.0 Å². The van der Waals surface area contributed by atoms with Crippen LogP contribution in [-0.2, 0) is 6.42 Å². The highest BCUT2D eigenvalue weighted by atomic mass is 32.1. The van der Waals surface area contributed by atoms with Gasteiger partial charge in [-0.2, -0.15) is 14.9 Å². The maximum atomic E-state index is 8.95. The van der Waals surface area contributed by atoms with Crippen molar-refractivity contribution in [1.82, 2.24) is 14.6 Å². The Morgan fingerprint density at radius 1 is 1.53 bits per heavy atom. The van der Waals surface area contributed by atoms with Gasteiger partial charge < -0.3 is 0 Å². The lowest BCUT2D eigenvalue weighted by atomic mass is 10.1. The number of fused-ring (bicyclic) bond motifs is 1. The second-order valence-electron chi connectivity index (χ2n) is 3.95. The van der Waals surface area contributed by atoms with Gasteiger partial charge in [0.05, 0.1) is 5.69 Å². The predicted molar refractivity (Wildman–Crippen MR) is 58.9 cm³/mol. The summed E-state index contributed by atoms with van der Waals surface area (Å²) in [5.74, 6) is 0.576. The van der Waals surface area contributed by atoms with Crippen LogP contribution in [0.4, 0.5) is 0 Å². The van der Waals surface area contributed by atoms with Crippen LogP contribution in [0.15, 0.2) is 0 Å². The minimum Gasteiger partial charge on any atom is -0.221 e.